The second kappa shape index (κ2) is 19.1. The maximum absolute atomic E-state index is 14.8. The fourth-order valence-corrected chi connectivity index (χ4v) is 10.4. The lowest BCUT2D eigenvalue weighted by Gasteiger charge is -2.29. The Balaban J connectivity index is 0.997. The van der Waals surface area contributed by atoms with E-state index in [1.165, 1.54) is 18.4 Å². The topological polar surface area (TPSA) is 188 Å². The van der Waals surface area contributed by atoms with E-state index in [4.69, 9.17) is 33.8 Å². The number of esters is 1. The summed E-state index contributed by atoms with van der Waals surface area (Å²) >= 11 is 0. The molecule has 3 saturated heterocycles. The molecular formula is C47H64N8O9. The van der Waals surface area contributed by atoms with Crippen LogP contribution < -0.4 is 25.4 Å². The highest BCUT2D eigenvalue weighted by Crippen LogP contribution is 2.52. The highest BCUT2D eigenvalue weighted by Gasteiger charge is 2.62. The molecule has 17 heteroatoms. The van der Waals surface area contributed by atoms with Crippen LogP contribution in [0.2, 0.25) is 0 Å². The van der Waals surface area contributed by atoms with Crippen molar-refractivity contribution in [3.8, 4) is 17.3 Å². The third-order valence-corrected chi connectivity index (χ3v) is 14.0. The van der Waals surface area contributed by atoms with Crippen LogP contribution >= 0.6 is 0 Å². The summed E-state index contributed by atoms with van der Waals surface area (Å²) in [4.78, 5) is 65.0. The molecule has 0 radical (unpaired) electrons. The summed E-state index contributed by atoms with van der Waals surface area (Å²) in [6, 6.07) is 7.68. The molecule has 5 heterocycles. The zero-order valence-electron chi connectivity index (χ0n) is 37.4. The zero-order valence-corrected chi connectivity index (χ0v) is 37.4. The molecule has 3 aliphatic heterocycles. The molecule has 3 amide bonds. The molecule has 346 valence electrons. The lowest BCUT2D eigenvalue weighted by molar-refractivity contribution is -0.148. The summed E-state index contributed by atoms with van der Waals surface area (Å²) < 4.78 is 31.4. The standard InChI is InChI=1S/C47H64N8O9/c1-29(2)48-41-13-14-55(52-41)42-26-40(36-12-11-33(24-38(36)49-42)62-20-17-53-15-18-61-19-16-53)63-35-25-39-43(56)51-47(45(58)60-3)27-32(47)9-7-5-4-6-8-10-37(44(57)54(39)28-35)50-46(59)64-34-22-30-21-31(30)23-34/h11-14,24,26,29-32,34-35,37,39H,4-10,15-23,25,27-28H2,1-3H3,(H,48,52)(H,50,59)(H,51,56)/t30-,31+,32-,34?,35-,37+,39?,47-/m1/s1. The first-order chi connectivity index (χ1) is 31.0. The predicted octanol–water partition coefficient (Wildman–Crippen LogP) is 4.99. The highest BCUT2D eigenvalue weighted by molar-refractivity contribution is 5.96. The van der Waals surface area contributed by atoms with Gasteiger partial charge in [0.05, 0.1) is 32.4 Å². The molecule has 3 N–H and O–H groups in total. The van der Waals surface area contributed by atoms with E-state index in [9.17, 15) is 19.2 Å². The first kappa shape index (κ1) is 44.1. The van der Waals surface area contributed by atoms with E-state index in [-0.39, 0.29) is 36.9 Å². The average molecular weight is 885 g/mol. The number of carbonyl (C=O) groups is 4. The van der Waals surface area contributed by atoms with Crippen LogP contribution in [0.25, 0.3) is 16.7 Å². The number of nitrogens with one attached hydrogen (secondary N) is 3. The van der Waals surface area contributed by atoms with E-state index in [0.717, 1.165) is 76.4 Å². The van der Waals surface area contributed by atoms with Crippen LogP contribution in [0, 0.1) is 17.8 Å². The molecule has 3 aromatic rings. The largest absolute Gasteiger partial charge is 0.492 e. The van der Waals surface area contributed by atoms with Gasteiger partial charge in [0, 0.05) is 61.9 Å². The lowest BCUT2D eigenvalue weighted by Crippen LogP contribution is -2.56. The molecule has 3 aliphatic carbocycles. The molecule has 0 spiro atoms. The highest BCUT2D eigenvalue weighted by atomic mass is 16.6. The van der Waals surface area contributed by atoms with Crippen LogP contribution in [0.3, 0.4) is 0 Å². The fourth-order valence-electron chi connectivity index (χ4n) is 10.4. The minimum Gasteiger partial charge on any atom is -0.492 e. The molecule has 8 atom stereocenters. The van der Waals surface area contributed by atoms with Crippen LogP contribution in [0.15, 0.2) is 36.5 Å². The molecule has 2 unspecified atom stereocenters. The van der Waals surface area contributed by atoms with Crippen molar-refractivity contribution < 1.29 is 42.9 Å². The monoisotopic (exact) mass is 884 g/mol. The second-order valence-electron chi connectivity index (χ2n) is 19.0. The molecule has 64 heavy (non-hydrogen) atoms. The van der Waals surface area contributed by atoms with Gasteiger partial charge in [-0.3, -0.25) is 14.5 Å². The third kappa shape index (κ3) is 10.0. The van der Waals surface area contributed by atoms with Gasteiger partial charge < -0.3 is 44.5 Å². The second-order valence-corrected chi connectivity index (χ2v) is 19.0. The van der Waals surface area contributed by atoms with E-state index in [1.807, 2.05) is 50.4 Å². The van der Waals surface area contributed by atoms with Crippen LogP contribution in [0.1, 0.15) is 90.9 Å². The quantitative estimate of drug-likeness (QED) is 0.207. The van der Waals surface area contributed by atoms with Crippen LogP contribution in [0.5, 0.6) is 11.5 Å². The summed E-state index contributed by atoms with van der Waals surface area (Å²) in [5.41, 5.74) is -0.525. The van der Waals surface area contributed by atoms with E-state index in [1.54, 1.807) is 4.68 Å². The molecule has 1 aromatic carbocycles. The average Bonchev–Trinajstić information content (AvgIpc) is 3.93. The lowest BCUT2D eigenvalue weighted by atomic mass is 10.0. The van der Waals surface area contributed by atoms with Crippen molar-refractivity contribution in [2.24, 2.45) is 17.8 Å². The van der Waals surface area contributed by atoms with Crippen LogP contribution in [0.4, 0.5) is 10.6 Å². The van der Waals surface area contributed by atoms with Crippen molar-refractivity contribution in [1.29, 1.82) is 0 Å². The Morgan fingerprint density at radius 2 is 1.75 bits per heavy atom. The summed E-state index contributed by atoms with van der Waals surface area (Å²) in [6.07, 6.45) is 9.62. The number of ether oxygens (including phenoxy) is 5. The fraction of sp³-hybridized carbons (Fsp3) is 0.660. The van der Waals surface area contributed by atoms with E-state index in [2.05, 4.69) is 20.9 Å². The minimum atomic E-state index is -1.14. The molecule has 2 aromatic heterocycles. The molecule has 17 nitrogen and oxygen atoms in total. The Morgan fingerprint density at radius 3 is 2.53 bits per heavy atom. The summed E-state index contributed by atoms with van der Waals surface area (Å²) in [7, 11) is 1.34. The van der Waals surface area contributed by atoms with E-state index in [0.29, 0.717) is 73.1 Å². The first-order valence-electron chi connectivity index (χ1n) is 23.6. The van der Waals surface area contributed by atoms with Gasteiger partial charge in [-0.15, -0.1) is 5.10 Å². The number of aromatic nitrogens is 3. The molecule has 9 rings (SSSR count). The number of benzene rings is 1. The molecular weight excluding hydrogens is 821 g/mol. The van der Waals surface area contributed by atoms with Crippen molar-refractivity contribution in [3.05, 3.63) is 36.5 Å². The summed E-state index contributed by atoms with van der Waals surface area (Å²) in [6.45, 7) is 8.59. The Hall–Kier alpha value is -5.16. The number of anilines is 1. The van der Waals surface area contributed by atoms with Crippen molar-refractivity contribution in [2.75, 3.05) is 58.4 Å². The van der Waals surface area contributed by atoms with Gasteiger partial charge in [-0.05, 0) is 82.3 Å². The van der Waals surface area contributed by atoms with Crippen LogP contribution in [-0.4, -0.2) is 137 Å². The maximum atomic E-state index is 14.8. The Bertz CT molecular complexity index is 2170. The van der Waals surface area contributed by atoms with Gasteiger partial charge in [-0.2, -0.15) is 0 Å². The van der Waals surface area contributed by atoms with Gasteiger partial charge >= 0.3 is 12.1 Å². The number of amides is 3. The van der Waals surface area contributed by atoms with Crippen LogP contribution in [-0.2, 0) is 28.6 Å². The Kier molecular flexibility index (Phi) is 13.2. The smallest absolute Gasteiger partial charge is 0.408 e. The first-order valence-corrected chi connectivity index (χ1v) is 23.6. The number of nitrogens with zero attached hydrogens (tertiary/aromatic N) is 5. The van der Waals surface area contributed by atoms with E-state index < -0.39 is 41.7 Å². The number of pyridine rings is 1. The van der Waals surface area contributed by atoms with Gasteiger partial charge in [0.2, 0.25) is 11.8 Å². The minimum absolute atomic E-state index is 0.0502. The molecule has 3 saturated carbocycles. The number of hydrogen-bond acceptors (Lipinski definition) is 13. The third-order valence-electron chi connectivity index (χ3n) is 14.0. The van der Waals surface area contributed by atoms with Crippen molar-refractivity contribution >= 4 is 40.6 Å². The number of hydrogen-bond donors (Lipinski definition) is 3. The van der Waals surface area contributed by atoms with E-state index >= 15 is 0 Å². The number of methoxy groups -OCH3 is 1. The number of carbonyl (C=O) groups excluding carboxylic acids is 4. The van der Waals surface area contributed by atoms with Gasteiger partial charge in [-0.25, -0.2) is 19.3 Å². The number of alkyl carbamates (subject to hydrolysis) is 1. The molecule has 6 fully saturated rings. The number of morpholine rings is 1. The van der Waals surface area contributed by atoms with Crippen molar-refractivity contribution in [3.63, 3.8) is 0 Å². The summed E-state index contributed by atoms with van der Waals surface area (Å²) in [5.74, 6) is 2.26. The van der Waals surface area contributed by atoms with Crippen molar-refractivity contribution in [1.82, 2.24) is 35.2 Å². The van der Waals surface area contributed by atoms with Gasteiger partial charge in [0.15, 0.2) is 5.82 Å². The molecule has 0 bridgehead atoms. The van der Waals surface area contributed by atoms with Gasteiger partial charge in [0.1, 0.15) is 53.8 Å². The number of rotatable bonds is 12. The van der Waals surface area contributed by atoms with Gasteiger partial charge in [0.25, 0.3) is 0 Å². The summed E-state index contributed by atoms with van der Waals surface area (Å²) in [5, 5.41) is 14.8. The zero-order chi connectivity index (χ0) is 44.4. The Labute approximate surface area is 374 Å². The molecule has 6 aliphatic rings. The van der Waals surface area contributed by atoms with Crippen molar-refractivity contribution in [2.45, 2.75) is 127 Å². The predicted molar refractivity (Wildman–Crippen MR) is 236 cm³/mol. The normalized spacial score (nSPS) is 29.7. The SMILES string of the molecule is COC(=O)[C@@]12C[C@H]1CCCCCCC[C@H](NC(=O)OC1C[C@@H]3C[C@@H]3C1)C(=O)N1C[C@H](Oc3cc(-n4ccc(NC(C)C)n4)nc4cc(OCCN5CCOCC5)ccc34)CC1C(=O)N2. The van der Waals surface area contributed by atoms with Gasteiger partial charge in [-0.1, -0.05) is 32.1 Å². The maximum Gasteiger partial charge on any atom is 0.408 e. The number of fused-ring (bicyclic) bond motifs is 4. The Morgan fingerprint density at radius 1 is 0.969 bits per heavy atom.